The van der Waals surface area contributed by atoms with Crippen molar-refractivity contribution in [1.29, 1.82) is 0 Å². The van der Waals surface area contributed by atoms with E-state index >= 15 is 0 Å². The van der Waals surface area contributed by atoms with Gasteiger partial charge in [-0.1, -0.05) is 45.0 Å². The van der Waals surface area contributed by atoms with Crippen LogP contribution in [0.4, 0.5) is 5.69 Å². The zero-order valence-electron chi connectivity index (χ0n) is 19.1. The maximum Gasteiger partial charge on any atom is 0.229 e. The molecule has 31 heavy (non-hydrogen) atoms. The Labute approximate surface area is 191 Å². The lowest BCUT2D eigenvalue weighted by Crippen LogP contribution is -2.34. The molecule has 6 nitrogen and oxygen atoms in total. The van der Waals surface area contributed by atoms with Crippen LogP contribution in [0.3, 0.4) is 0 Å². The van der Waals surface area contributed by atoms with Gasteiger partial charge in [0, 0.05) is 24.3 Å². The predicted molar refractivity (Wildman–Crippen MR) is 132 cm³/mol. The van der Waals surface area contributed by atoms with E-state index in [4.69, 9.17) is 17.0 Å². The molecule has 0 aliphatic heterocycles. The number of hydrogen-bond acceptors (Lipinski definition) is 4. The van der Waals surface area contributed by atoms with Crippen LogP contribution in [0.2, 0.25) is 0 Å². The maximum atomic E-state index is 11.3. The van der Waals surface area contributed by atoms with Gasteiger partial charge in [0.15, 0.2) is 5.11 Å². The second-order valence-corrected chi connectivity index (χ2v) is 11.0. The van der Waals surface area contributed by atoms with Crippen molar-refractivity contribution in [1.82, 2.24) is 10.6 Å². The summed E-state index contributed by atoms with van der Waals surface area (Å²) in [5, 5.41) is 6.94. The monoisotopic (exact) mass is 463 g/mol. The molecule has 0 heterocycles. The number of thiocarbonyl (C=S) groups is 1. The van der Waals surface area contributed by atoms with E-state index in [1.807, 2.05) is 26.0 Å². The van der Waals surface area contributed by atoms with Gasteiger partial charge in [-0.3, -0.25) is 4.72 Å². The van der Waals surface area contributed by atoms with Crippen molar-refractivity contribution < 1.29 is 13.2 Å². The van der Waals surface area contributed by atoms with Gasteiger partial charge < -0.3 is 15.4 Å². The standard InChI is InChI=1S/C23H33N3O3S2/c1-16(2)29-21-13-19(23(3,4)5)10-9-18(21)15-25-22(30)24-14-17-7-11-20(12-8-17)26-31(6,27)28/h7-13,16,26H,14-15H2,1-6H3,(H2,24,25,30). The number of anilines is 1. The summed E-state index contributed by atoms with van der Waals surface area (Å²) in [6, 6.07) is 13.5. The molecule has 0 unspecified atom stereocenters. The van der Waals surface area contributed by atoms with Gasteiger partial charge >= 0.3 is 0 Å². The molecule has 2 aromatic carbocycles. The minimum Gasteiger partial charge on any atom is -0.491 e. The minimum absolute atomic E-state index is 0.0459. The number of ether oxygens (including phenoxy) is 1. The lowest BCUT2D eigenvalue weighted by molar-refractivity contribution is 0.239. The molecule has 0 aliphatic rings. The van der Waals surface area contributed by atoms with Gasteiger partial charge in [-0.25, -0.2) is 8.42 Å². The van der Waals surface area contributed by atoms with Gasteiger partial charge in [0.1, 0.15) is 5.75 Å². The first-order chi connectivity index (χ1) is 14.3. The van der Waals surface area contributed by atoms with Crippen LogP contribution < -0.4 is 20.1 Å². The third-order valence-corrected chi connectivity index (χ3v) is 5.34. The highest BCUT2D eigenvalue weighted by molar-refractivity contribution is 7.92. The largest absolute Gasteiger partial charge is 0.491 e. The Morgan fingerprint density at radius 1 is 1.03 bits per heavy atom. The second-order valence-electron chi connectivity index (χ2n) is 8.85. The molecule has 0 aliphatic carbocycles. The Hall–Kier alpha value is -2.32. The third kappa shape index (κ3) is 8.75. The quantitative estimate of drug-likeness (QED) is 0.507. The Balaban J connectivity index is 1.94. The van der Waals surface area contributed by atoms with Crippen LogP contribution >= 0.6 is 12.2 Å². The van der Waals surface area contributed by atoms with Crippen molar-refractivity contribution in [2.45, 2.75) is 59.2 Å². The topological polar surface area (TPSA) is 79.5 Å². The van der Waals surface area contributed by atoms with E-state index in [1.54, 1.807) is 12.1 Å². The summed E-state index contributed by atoms with van der Waals surface area (Å²) >= 11 is 5.41. The summed E-state index contributed by atoms with van der Waals surface area (Å²) in [4.78, 5) is 0. The number of sulfonamides is 1. The summed E-state index contributed by atoms with van der Waals surface area (Å²) in [6.07, 6.45) is 1.21. The Bertz CT molecular complexity index is 996. The summed E-state index contributed by atoms with van der Waals surface area (Å²) in [6.45, 7) is 11.7. The van der Waals surface area contributed by atoms with Crippen molar-refractivity contribution in [2.75, 3.05) is 11.0 Å². The first-order valence-corrected chi connectivity index (χ1v) is 12.5. The molecule has 0 bridgehead atoms. The highest BCUT2D eigenvalue weighted by atomic mass is 32.2. The van der Waals surface area contributed by atoms with Crippen molar-refractivity contribution in [3.8, 4) is 5.75 Å². The van der Waals surface area contributed by atoms with Crippen LogP contribution in [0.15, 0.2) is 42.5 Å². The average molecular weight is 464 g/mol. The molecule has 0 amide bonds. The highest BCUT2D eigenvalue weighted by Gasteiger charge is 2.17. The second kappa shape index (κ2) is 10.3. The molecular weight excluding hydrogens is 430 g/mol. The first-order valence-electron chi connectivity index (χ1n) is 10.2. The number of benzene rings is 2. The molecule has 8 heteroatoms. The van der Waals surface area contributed by atoms with Gasteiger partial charge in [-0.05, 0) is 60.8 Å². The molecule has 2 rings (SSSR count). The van der Waals surface area contributed by atoms with Crippen LogP contribution in [0.25, 0.3) is 0 Å². The molecule has 0 saturated heterocycles. The Morgan fingerprint density at radius 2 is 1.65 bits per heavy atom. The van der Waals surface area contributed by atoms with Crippen LogP contribution in [0.5, 0.6) is 5.75 Å². The van der Waals surface area contributed by atoms with Crippen LogP contribution in [-0.2, 0) is 28.5 Å². The molecule has 2 aromatic rings. The molecular formula is C23H33N3O3S2. The Morgan fingerprint density at radius 3 is 2.19 bits per heavy atom. The van der Waals surface area contributed by atoms with Gasteiger partial charge in [0.2, 0.25) is 10.0 Å². The number of hydrogen-bond donors (Lipinski definition) is 3. The predicted octanol–water partition coefficient (Wildman–Crippen LogP) is 4.31. The SMILES string of the molecule is CC(C)Oc1cc(C(C)(C)C)ccc1CNC(=S)NCc1ccc(NS(C)(=O)=O)cc1. The Kier molecular flexibility index (Phi) is 8.31. The van der Waals surface area contributed by atoms with Gasteiger partial charge in [0.25, 0.3) is 0 Å². The first kappa shape index (κ1) is 24.9. The van der Waals surface area contributed by atoms with Crippen LogP contribution in [0.1, 0.15) is 51.3 Å². The number of rotatable bonds is 8. The zero-order chi connectivity index (χ0) is 23.2. The van der Waals surface area contributed by atoms with Crippen molar-refractivity contribution >= 4 is 33.0 Å². The van der Waals surface area contributed by atoms with E-state index in [1.165, 1.54) is 5.56 Å². The third-order valence-electron chi connectivity index (χ3n) is 4.45. The van der Waals surface area contributed by atoms with E-state index in [2.05, 4.69) is 54.3 Å². The lowest BCUT2D eigenvalue weighted by Gasteiger charge is -2.23. The lowest BCUT2D eigenvalue weighted by atomic mass is 9.86. The molecule has 0 aromatic heterocycles. The van der Waals surface area contributed by atoms with E-state index in [9.17, 15) is 8.42 Å². The van der Waals surface area contributed by atoms with Crippen LogP contribution in [-0.4, -0.2) is 25.9 Å². The van der Waals surface area contributed by atoms with Crippen LogP contribution in [0, 0.1) is 0 Å². The molecule has 0 spiro atoms. The van der Waals surface area contributed by atoms with Crippen molar-refractivity contribution in [2.24, 2.45) is 0 Å². The molecule has 170 valence electrons. The van der Waals surface area contributed by atoms with Gasteiger partial charge in [-0.2, -0.15) is 0 Å². The highest BCUT2D eigenvalue weighted by Crippen LogP contribution is 2.29. The fourth-order valence-electron chi connectivity index (χ4n) is 2.86. The summed E-state index contributed by atoms with van der Waals surface area (Å²) in [7, 11) is -3.28. The maximum absolute atomic E-state index is 11.3. The van der Waals surface area contributed by atoms with E-state index in [0.717, 1.165) is 23.1 Å². The van der Waals surface area contributed by atoms with Gasteiger partial charge in [0.05, 0.1) is 12.4 Å². The van der Waals surface area contributed by atoms with Gasteiger partial charge in [-0.15, -0.1) is 0 Å². The number of nitrogens with one attached hydrogen (secondary N) is 3. The smallest absolute Gasteiger partial charge is 0.229 e. The van der Waals surface area contributed by atoms with E-state index in [0.29, 0.717) is 23.9 Å². The van der Waals surface area contributed by atoms with E-state index < -0.39 is 10.0 Å². The zero-order valence-corrected chi connectivity index (χ0v) is 20.7. The molecule has 0 radical (unpaired) electrons. The summed E-state index contributed by atoms with van der Waals surface area (Å²) in [5.41, 5.74) is 3.83. The fourth-order valence-corrected chi connectivity index (χ4v) is 3.56. The summed E-state index contributed by atoms with van der Waals surface area (Å²) in [5.74, 6) is 0.867. The average Bonchev–Trinajstić information content (AvgIpc) is 2.64. The normalized spacial score (nSPS) is 11.8. The van der Waals surface area contributed by atoms with Crippen molar-refractivity contribution in [3.63, 3.8) is 0 Å². The summed E-state index contributed by atoms with van der Waals surface area (Å²) < 4.78 is 31.0. The molecule has 3 N–H and O–H groups in total. The van der Waals surface area contributed by atoms with Crippen molar-refractivity contribution in [3.05, 3.63) is 59.2 Å². The minimum atomic E-state index is -3.28. The fraction of sp³-hybridized carbons (Fsp3) is 0.435. The van der Waals surface area contributed by atoms with E-state index in [-0.39, 0.29) is 11.5 Å². The molecule has 0 fully saturated rings. The molecule has 0 atom stereocenters. The molecule has 0 saturated carbocycles.